The van der Waals surface area contributed by atoms with Gasteiger partial charge in [0.15, 0.2) is 0 Å². The van der Waals surface area contributed by atoms with Crippen LogP contribution in [-0.2, 0) is 11.3 Å². The van der Waals surface area contributed by atoms with Crippen LogP contribution in [0.1, 0.15) is 31.4 Å². The smallest absolute Gasteiger partial charge is 0.0720 e. The number of hydrogen-bond acceptors (Lipinski definition) is 2. The summed E-state index contributed by atoms with van der Waals surface area (Å²) in [4.78, 5) is 0. The van der Waals surface area contributed by atoms with E-state index < -0.39 is 0 Å². The van der Waals surface area contributed by atoms with Crippen LogP contribution >= 0.6 is 0 Å². The van der Waals surface area contributed by atoms with Crippen molar-refractivity contribution in [2.24, 2.45) is 5.73 Å². The van der Waals surface area contributed by atoms with Gasteiger partial charge in [0.2, 0.25) is 0 Å². The second-order valence-electron chi connectivity index (χ2n) is 3.74. The zero-order chi connectivity index (χ0) is 11.8. The van der Waals surface area contributed by atoms with Gasteiger partial charge in [0, 0.05) is 5.56 Å². The van der Waals surface area contributed by atoms with Crippen molar-refractivity contribution in [1.29, 1.82) is 0 Å². The van der Waals surface area contributed by atoms with Gasteiger partial charge in [0.1, 0.15) is 0 Å². The normalized spacial score (nSPS) is 11.7. The zero-order valence-corrected chi connectivity index (χ0v) is 9.99. The fraction of sp³-hybridized carbons (Fsp3) is 0.429. The van der Waals surface area contributed by atoms with Crippen LogP contribution in [0.15, 0.2) is 24.3 Å². The number of ether oxygens (including phenoxy) is 1. The lowest BCUT2D eigenvalue weighted by Gasteiger charge is -2.10. The predicted octanol–water partition coefficient (Wildman–Crippen LogP) is 2.31. The molecule has 0 fully saturated rings. The Balaban J connectivity index is 2.60. The van der Waals surface area contributed by atoms with Gasteiger partial charge in [0.05, 0.1) is 19.3 Å². The van der Waals surface area contributed by atoms with Gasteiger partial charge in [0.25, 0.3) is 0 Å². The molecule has 1 unspecified atom stereocenters. The molecule has 0 bridgehead atoms. The Morgan fingerprint density at radius 3 is 2.94 bits per heavy atom. The van der Waals surface area contributed by atoms with Crippen LogP contribution in [0.25, 0.3) is 0 Å². The minimum absolute atomic E-state index is 0.304. The highest BCUT2D eigenvalue weighted by Gasteiger charge is 1.99. The average Bonchev–Trinajstić information content (AvgIpc) is 2.34. The van der Waals surface area contributed by atoms with Crippen molar-refractivity contribution in [2.45, 2.75) is 33.0 Å². The lowest BCUT2D eigenvalue weighted by molar-refractivity contribution is 0.0508. The highest BCUT2D eigenvalue weighted by atomic mass is 16.5. The molecule has 86 valence electrons. The van der Waals surface area contributed by atoms with Crippen molar-refractivity contribution in [3.8, 4) is 11.8 Å². The molecule has 1 atom stereocenters. The summed E-state index contributed by atoms with van der Waals surface area (Å²) in [6.45, 7) is 5.24. The summed E-state index contributed by atoms with van der Waals surface area (Å²) in [5.74, 6) is 5.86. The Kier molecular flexibility index (Phi) is 5.63. The second-order valence-corrected chi connectivity index (χ2v) is 3.74. The van der Waals surface area contributed by atoms with Gasteiger partial charge >= 0.3 is 0 Å². The molecule has 0 radical (unpaired) electrons. The van der Waals surface area contributed by atoms with Gasteiger partial charge in [-0.2, -0.15) is 0 Å². The highest BCUT2D eigenvalue weighted by Crippen LogP contribution is 2.08. The van der Waals surface area contributed by atoms with Crippen molar-refractivity contribution in [1.82, 2.24) is 0 Å². The first-order chi connectivity index (χ1) is 7.76. The van der Waals surface area contributed by atoms with Crippen molar-refractivity contribution in [2.75, 3.05) is 6.54 Å². The van der Waals surface area contributed by atoms with Crippen LogP contribution in [-0.4, -0.2) is 12.6 Å². The molecule has 2 heteroatoms. The standard InChI is InChI=1S/C14H19NO/c1-3-12(2)16-11-14-7-4-6-13(10-14)8-5-9-15/h4,6-7,10,12H,3,9,11,15H2,1-2H3. The van der Waals surface area contributed by atoms with Gasteiger partial charge in [-0.15, -0.1) is 0 Å². The molecule has 0 aromatic heterocycles. The maximum atomic E-state index is 5.66. The molecule has 0 aliphatic rings. The molecule has 0 saturated heterocycles. The van der Waals surface area contributed by atoms with Crippen LogP contribution in [0, 0.1) is 11.8 Å². The summed E-state index contributed by atoms with van der Waals surface area (Å²) >= 11 is 0. The van der Waals surface area contributed by atoms with Gasteiger partial charge in [-0.3, -0.25) is 0 Å². The molecular formula is C14H19NO. The molecule has 2 nitrogen and oxygen atoms in total. The molecule has 16 heavy (non-hydrogen) atoms. The Hall–Kier alpha value is -1.30. The van der Waals surface area contributed by atoms with E-state index in [1.807, 2.05) is 18.2 Å². The highest BCUT2D eigenvalue weighted by molar-refractivity contribution is 5.37. The van der Waals surface area contributed by atoms with E-state index in [4.69, 9.17) is 10.5 Å². The molecule has 0 amide bonds. The molecule has 0 saturated carbocycles. The van der Waals surface area contributed by atoms with E-state index in [0.29, 0.717) is 19.3 Å². The number of hydrogen-bond donors (Lipinski definition) is 1. The van der Waals surface area contributed by atoms with E-state index in [-0.39, 0.29) is 0 Å². The van der Waals surface area contributed by atoms with Gasteiger partial charge in [-0.05, 0) is 31.0 Å². The van der Waals surface area contributed by atoms with Crippen LogP contribution in [0.5, 0.6) is 0 Å². The topological polar surface area (TPSA) is 35.2 Å². The second kappa shape index (κ2) is 7.05. The number of nitrogens with two attached hydrogens (primary N) is 1. The Morgan fingerprint density at radius 2 is 2.25 bits per heavy atom. The van der Waals surface area contributed by atoms with E-state index >= 15 is 0 Å². The number of rotatable bonds is 4. The number of benzene rings is 1. The lowest BCUT2D eigenvalue weighted by Crippen LogP contribution is -2.06. The molecule has 0 heterocycles. The van der Waals surface area contributed by atoms with E-state index in [9.17, 15) is 0 Å². The summed E-state index contributed by atoms with van der Waals surface area (Å²) in [6, 6.07) is 8.08. The summed E-state index contributed by atoms with van der Waals surface area (Å²) in [6.07, 6.45) is 1.34. The first kappa shape index (κ1) is 12.8. The SMILES string of the molecule is CCC(C)OCc1cccc(C#CCN)c1. The van der Waals surface area contributed by atoms with Crippen LogP contribution < -0.4 is 5.73 Å². The predicted molar refractivity (Wildman–Crippen MR) is 66.9 cm³/mol. The van der Waals surface area contributed by atoms with Crippen molar-refractivity contribution < 1.29 is 4.74 Å². The van der Waals surface area contributed by atoms with Gasteiger partial charge in [-0.1, -0.05) is 30.9 Å². The first-order valence-corrected chi connectivity index (χ1v) is 5.65. The average molecular weight is 217 g/mol. The zero-order valence-electron chi connectivity index (χ0n) is 9.99. The van der Waals surface area contributed by atoms with E-state index in [0.717, 1.165) is 17.5 Å². The van der Waals surface area contributed by atoms with Crippen LogP contribution in [0.3, 0.4) is 0 Å². The summed E-state index contributed by atoms with van der Waals surface area (Å²) in [5, 5.41) is 0. The fourth-order valence-corrected chi connectivity index (χ4v) is 1.25. The largest absolute Gasteiger partial charge is 0.374 e. The minimum Gasteiger partial charge on any atom is -0.374 e. The van der Waals surface area contributed by atoms with E-state index in [2.05, 4.69) is 31.8 Å². The molecule has 1 aromatic carbocycles. The fourth-order valence-electron chi connectivity index (χ4n) is 1.25. The van der Waals surface area contributed by atoms with Crippen molar-refractivity contribution in [3.63, 3.8) is 0 Å². The molecule has 0 aliphatic carbocycles. The quantitative estimate of drug-likeness (QED) is 0.785. The molecule has 1 aromatic rings. The summed E-state index contributed by atoms with van der Waals surface area (Å²) in [5.41, 5.74) is 7.49. The molecular weight excluding hydrogens is 198 g/mol. The molecule has 1 rings (SSSR count). The van der Waals surface area contributed by atoms with Gasteiger partial charge in [-0.25, -0.2) is 0 Å². The summed E-state index contributed by atoms with van der Waals surface area (Å²) in [7, 11) is 0. The van der Waals surface area contributed by atoms with Crippen molar-refractivity contribution in [3.05, 3.63) is 35.4 Å². The third-order valence-corrected chi connectivity index (χ3v) is 2.37. The van der Waals surface area contributed by atoms with Crippen molar-refractivity contribution >= 4 is 0 Å². The maximum absolute atomic E-state index is 5.66. The van der Waals surface area contributed by atoms with E-state index in [1.165, 1.54) is 0 Å². The lowest BCUT2D eigenvalue weighted by atomic mass is 10.1. The van der Waals surface area contributed by atoms with Gasteiger partial charge < -0.3 is 10.5 Å². The summed E-state index contributed by atoms with van der Waals surface area (Å²) < 4.78 is 5.66. The third kappa shape index (κ3) is 4.48. The van der Waals surface area contributed by atoms with Crippen LogP contribution in [0.4, 0.5) is 0 Å². The Bertz CT molecular complexity index is 376. The Labute approximate surface area is 97.8 Å². The molecule has 2 N–H and O–H groups in total. The Morgan fingerprint density at radius 1 is 1.44 bits per heavy atom. The monoisotopic (exact) mass is 217 g/mol. The first-order valence-electron chi connectivity index (χ1n) is 5.65. The maximum Gasteiger partial charge on any atom is 0.0720 e. The molecule has 0 spiro atoms. The van der Waals surface area contributed by atoms with Crippen LogP contribution in [0.2, 0.25) is 0 Å². The molecule has 0 aliphatic heterocycles. The minimum atomic E-state index is 0.304. The third-order valence-electron chi connectivity index (χ3n) is 2.37. The van der Waals surface area contributed by atoms with E-state index in [1.54, 1.807) is 0 Å².